The fourth-order valence-electron chi connectivity index (χ4n) is 2.84. The van der Waals surface area contributed by atoms with Crippen LogP contribution in [0.5, 0.6) is 5.75 Å². The fraction of sp³-hybridized carbons (Fsp3) is 0.533. The van der Waals surface area contributed by atoms with Gasteiger partial charge in [-0.2, -0.15) is 0 Å². The maximum Gasteiger partial charge on any atom is 0.251 e. The summed E-state index contributed by atoms with van der Waals surface area (Å²) in [4.78, 5) is 12.0. The summed E-state index contributed by atoms with van der Waals surface area (Å²) in [5, 5.41) is 12.3. The number of benzene rings is 1. The summed E-state index contributed by atoms with van der Waals surface area (Å²) in [7, 11) is 0. The van der Waals surface area contributed by atoms with Gasteiger partial charge in [0.25, 0.3) is 5.91 Å². The number of phenols is 1. The quantitative estimate of drug-likeness (QED) is 0.775. The van der Waals surface area contributed by atoms with Crippen LogP contribution in [-0.4, -0.2) is 24.1 Å². The van der Waals surface area contributed by atoms with Gasteiger partial charge in [-0.05, 0) is 49.4 Å². The number of hydrogen-bond acceptors (Lipinski definition) is 3. The molecule has 1 aliphatic carbocycles. The number of nitrogens with two attached hydrogens (primary N) is 1. The highest BCUT2D eigenvalue weighted by atomic mass is 16.3. The van der Waals surface area contributed by atoms with Crippen LogP contribution in [0.4, 0.5) is 0 Å². The summed E-state index contributed by atoms with van der Waals surface area (Å²) in [6.45, 7) is 1.38. The number of carbonyl (C=O) groups is 1. The van der Waals surface area contributed by atoms with E-state index in [1.807, 2.05) is 0 Å². The van der Waals surface area contributed by atoms with Gasteiger partial charge in [-0.1, -0.05) is 18.9 Å². The van der Waals surface area contributed by atoms with Gasteiger partial charge in [0.1, 0.15) is 5.75 Å². The molecule has 104 valence electrons. The minimum absolute atomic E-state index is 0.116. The minimum Gasteiger partial charge on any atom is -0.508 e. The van der Waals surface area contributed by atoms with Gasteiger partial charge in [0.15, 0.2) is 0 Å². The highest BCUT2D eigenvalue weighted by Crippen LogP contribution is 2.28. The maximum atomic E-state index is 12.0. The Bertz CT molecular complexity index is 434. The Morgan fingerprint density at radius 1 is 1.32 bits per heavy atom. The summed E-state index contributed by atoms with van der Waals surface area (Å²) in [5.41, 5.74) is 6.29. The molecule has 2 atom stereocenters. The monoisotopic (exact) mass is 262 g/mol. The second-order valence-electron chi connectivity index (χ2n) is 5.30. The maximum absolute atomic E-state index is 12.0. The van der Waals surface area contributed by atoms with Crippen LogP contribution in [0.3, 0.4) is 0 Å². The van der Waals surface area contributed by atoms with Crippen molar-refractivity contribution in [2.24, 2.45) is 17.6 Å². The van der Waals surface area contributed by atoms with Crippen LogP contribution in [0.2, 0.25) is 0 Å². The number of rotatable bonds is 4. The molecule has 1 aromatic carbocycles. The molecular weight excluding hydrogens is 240 g/mol. The summed E-state index contributed by atoms with van der Waals surface area (Å²) >= 11 is 0. The molecule has 4 nitrogen and oxygen atoms in total. The number of aromatic hydroxyl groups is 1. The van der Waals surface area contributed by atoms with Gasteiger partial charge in [-0.25, -0.2) is 0 Å². The molecule has 1 aliphatic rings. The normalized spacial score (nSPS) is 23.0. The average Bonchev–Trinajstić information content (AvgIpc) is 2.45. The Labute approximate surface area is 114 Å². The number of carbonyl (C=O) groups excluding carboxylic acids is 1. The molecule has 4 N–H and O–H groups in total. The van der Waals surface area contributed by atoms with Gasteiger partial charge in [-0.3, -0.25) is 4.79 Å². The number of nitrogens with one attached hydrogen (secondary N) is 1. The van der Waals surface area contributed by atoms with E-state index in [-0.39, 0.29) is 11.7 Å². The summed E-state index contributed by atoms with van der Waals surface area (Å²) in [6, 6.07) is 6.42. The number of amides is 1. The molecule has 19 heavy (non-hydrogen) atoms. The lowest BCUT2D eigenvalue weighted by Crippen LogP contribution is -2.36. The van der Waals surface area contributed by atoms with Gasteiger partial charge in [-0.15, -0.1) is 0 Å². The third-order valence-electron chi connectivity index (χ3n) is 4.00. The first kappa shape index (κ1) is 13.9. The third kappa shape index (κ3) is 3.70. The van der Waals surface area contributed by atoms with E-state index >= 15 is 0 Å². The molecule has 1 amide bonds. The molecule has 0 aromatic heterocycles. The van der Waals surface area contributed by atoms with Gasteiger partial charge >= 0.3 is 0 Å². The summed E-state index contributed by atoms with van der Waals surface area (Å²) in [6.07, 6.45) is 4.79. The molecule has 4 heteroatoms. The topological polar surface area (TPSA) is 75.3 Å². The zero-order chi connectivity index (χ0) is 13.7. The Morgan fingerprint density at radius 2 is 2.05 bits per heavy atom. The van der Waals surface area contributed by atoms with E-state index in [2.05, 4.69) is 5.32 Å². The predicted molar refractivity (Wildman–Crippen MR) is 74.9 cm³/mol. The molecule has 0 spiro atoms. The molecule has 2 unspecified atom stereocenters. The lowest BCUT2D eigenvalue weighted by molar-refractivity contribution is 0.0934. The first-order valence-corrected chi connectivity index (χ1v) is 6.98. The third-order valence-corrected chi connectivity index (χ3v) is 4.00. The minimum atomic E-state index is -0.128. The van der Waals surface area contributed by atoms with Crippen molar-refractivity contribution in [3.8, 4) is 5.75 Å². The van der Waals surface area contributed by atoms with Crippen LogP contribution >= 0.6 is 0 Å². The van der Waals surface area contributed by atoms with Crippen LogP contribution in [-0.2, 0) is 0 Å². The van der Waals surface area contributed by atoms with Crippen molar-refractivity contribution >= 4 is 5.91 Å². The Kier molecular flexibility index (Phi) is 4.80. The van der Waals surface area contributed by atoms with Gasteiger partial charge in [0.2, 0.25) is 0 Å². The smallest absolute Gasteiger partial charge is 0.251 e. The predicted octanol–water partition coefficient (Wildman–Crippen LogP) is 1.89. The highest BCUT2D eigenvalue weighted by molar-refractivity contribution is 5.94. The molecule has 1 fully saturated rings. The van der Waals surface area contributed by atoms with Crippen LogP contribution in [0.1, 0.15) is 36.0 Å². The van der Waals surface area contributed by atoms with Crippen LogP contribution in [0.25, 0.3) is 0 Å². The van der Waals surface area contributed by atoms with Crippen molar-refractivity contribution < 1.29 is 9.90 Å². The van der Waals surface area contributed by atoms with Gasteiger partial charge < -0.3 is 16.2 Å². The van der Waals surface area contributed by atoms with E-state index in [9.17, 15) is 9.90 Å². The van der Waals surface area contributed by atoms with Crippen molar-refractivity contribution in [2.45, 2.75) is 25.7 Å². The summed E-state index contributed by atoms with van der Waals surface area (Å²) in [5.74, 6) is 1.00. The molecule has 0 saturated heterocycles. The van der Waals surface area contributed by atoms with E-state index in [1.165, 1.54) is 25.3 Å². The lowest BCUT2D eigenvalue weighted by Gasteiger charge is -2.30. The van der Waals surface area contributed by atoms with Crippen LogP contribution in [0, 0.1) is 11.8 Å². The highest BCUT2D eigenvalue weighted by Gasteiger charge is 2.24. The second-order valence-corrected chi connectivity index (χ2v) is 5.30. The van der Waals surface area contributed by atoms with Crippen molar-refractivity contribution in [3.63, 3.8) is 0 Å². The van der Waals surface area contributed by atoms with Crippen LogP contribution < -0.4 is 11.1 Å². The van der Waals surface area contributed by atoms with E-state index in [0.717, 1.165) is 6.42 Å². The molecule has 1 saturated carbocycles. The Hall–Kier alpha value is -1.55. The molecule has 1 aromatic rings. The molecule has 2 rings (SSSR count). The number of phenolic OH excluding ortho intramolecular Hbond substituents is 1. The van der Waals surface area contributed by atoms with Crippen molar-refractivity contribution in [1.29, 1.82) is 0 Å². The summed E-state index contributed by atoms with van der Waals surface area (Å²) < 4.78 is 0. The Morgan fingerprint density at radius 3 is 2.74 bits per heavy atom. The van der Waals surface area contributed by atoms with E-state index < -0.39 is 0 Å². The van der Waals surface area contributed by atoms with Crippen LogP contribution in [0.15, 0.2) is 24.3 Å². The van der Waals surface area contributed by atoms with E-state index in [1.54, 1.807) is 18.2 Å². The zero-order valence-electron chi connectivity index (χ0n) is 11.1. The van der Waals surface area contributed by atoms with Crippen molar-refractivity contribution in [2.75, 3.05) is 13.1 Å². The molecule has 0 aliphatic heterocycles. The van der Waals surface area contributed by atoms with Gasteiger partial charge in [0, 0.05) is 12.1 Å². The van der Waals surface area contributed by atoms with E-state index in [4.69, 9.17) is 5.73 Å². The fourth-order valence-corrected chi connectivity index (χ4v) is 2.84. The van der Waals surface area contributed by atoms with Gasteiger partial charge in [0.05, 0.1) is 0 Å². The number of hydrogen-bond donors (Lipinski definition) is 3. The molecule has 0 heterocycles. The average molecular weight is 262 g/mol. The molecule has 0 radical (unpaired) electrons. The second kappa shape index (κ2) is 6.57. The molecular formula is C15H22N2O2. The molecule has 0 bridgehead atoms. The lowest BCUT2D eigenvalue weighted by atomic mass is 9.79. The zero-order valence-corrected chi connectivity index (χ0v) is 11.1. The SMILES string of the molecule is NCC1CCCCC1CNC(=O)c1cccc(O)c1. The van der Waals surface area contributed by atoms with Crippen molar-refractivity contribution in [1.82, 2.24) is 5.32 Å². The van der Waals surface area contributed by atoms with E-state index in [0.29, 0.717) is 30.5 Å². The first-order chi connectivity index (χ1) is 9.20. The Balaban J connectivity index is 1.89. The largest absolute Gasteiger partial charge is 0.508 e. The van der Waals surface area contributed by atoms with Crippen molar-refractivity contribution in [3.05, 3.63) is 29.8 Å². The standard InChI is InChI=1S/C15H22N2O2/c16-9-12-4-1-2-5-13(12)10-17-15(19)11-6-3-7-14(18)8-11/h3,6-8,12-13,18H,1-2,4-5,9-10,16H2,(H,17,19). The first-order valence-electron chi connectivity index (χ1n) is 6.98.